The lowest BCUT2D eigenvalue weighted by molar-refractivity contribution is -0.384. The molecule has 0 aliphatic heterocycles. The summed E-state index contributed by atoms with van der Waals surface area (Å²) in [6.07, 6.45) is 0.745. The summed E-state index contributed by atoms with van der Waals surface area (Å²) in [7, 11) is 0. The number of ether oxygens (including phenoxy) is 2. The first-order valence-corrected chi connectivity index (χ1v) is 7.36. The minimum absolute atomic E-state index is 0.151. The Morgan fingerprint density at radius 1 is 1.29 bits per heavy atom. The van der Waals surface area contributed by atoms with Gasteiger partial charge in [0, 0.05) is 23.9 Å². The Kier molecular flexibility index (Phi) is 4.59. The number of rotatable bonds is 3. The number of fused-ring (bicyclic) bond motifs is 1. The standard InChI is InChI=1S/C16H18N2O6/c1-5-14(19)23-13-9-17(15(20)24-16(2,3)4)12-8-10(18(21)22)6-7-11(12)13/h6-9H,5H2,1-4H3. The van der Waals surface area contributed by atoms with E-state index in [1.54, 1.807) is 27.7 Å². The molecule has 0 aliphatic carbocycles. The molecule has 0 radical (unpaired) electrons. The monoisotopic (exact) mass is 334 g/mol. The highest BCUT2D eigenvalue weighted by atomic mass is 16.6. The predicted molar refractivity (Wildman–Crippen MR) is 86.2 cm³/mol. The van der Waals surface area contributed by atoms with Gasteiger partial charge in [-0.2, -0.15) is 0 Å². The van der Waals surface area contributed by atoms with Gasteiger partial charge in [-0.15, -0.1) is 0 Å². The van der Waals surface area contributed by atoms with Crippen molar-refractivity contribution in [3.63, 3.8) is 0 Å². The quantitative estimate of drug-likeness (QED) is 0.482. The molecule has 1 aromatic carbocycles. The zero-order valence-corrected chi connectivity index (χ0v) is 13.9. The average molecular weight is 334 g/mol. The number of nitrogens with zero attached hydrogens (tertiary/aromatic N) is 2. The summed E-state index contributed by atoms with van der Waals surface area (Å²) < 4.78 is 11.6. The van der Waals surface area contributed by atoms with Gasteiger partial charge >= 0.3 is 12.1 Å². The minimum Gasteiger partial charge on any atom is -0.443 e. The van der Waals surface area contributed by atoms with E-state index >= 15 is 0 Å². The molecule has 2 rings (SSSR count). The Morgan fingerprint density at radius 2 is 1.96 bits per heavy atom. The van der Waals surface area contributed by atoms with E-state index < -0.39 is 22.6 Å². The molecule has 1 aromatic heterocycles. The molecular weight excluding hydrogens is 316 g/mol. The number of carbonyl (C=O) groups is 2. The lowest BCUT2D eigenvalue weighted by Crippen LogP contribution is -2.26. The third-order valence-electron chi connectivity index (χ3n) is 3.07. The highest BCUT2D eigenvalue weighted by Gasteiger charge is 2.23. The van der Waals surface area contributed by atoms with Crippen LogP contribution in [-0.2, 0) is 9.53 Å². The maximum absolute atomic E-state index is 12.4. The number of non-ortho nitro benzene ring substituents is 1. The summed E-state index contributed by atoms with van der Waals surface area (Å²) in [5.74, 6) is -0.325. The average Bonchev–Trinajstić information content (AvgIpc) is 2.83. The Balaban J connectivity index is 2.59. The fourth-order valence-electron chi connectivity index (χ4n) is 2.04. The van der Waals surface area contributed by atoms with E-state index in [4.69, 9.17) is 9.47 Å². The number of benzene rings is 1. The largest absolute Gasteiger partial charge is 0.443 e. The van der Waals surface area contributed by atoms with Crippen LogP contribution in [0, 0.1) is 10.1 Å². The molecule has 8 heteroatoms. The van der Waals surface area contributed by atoms with Crippen LogP contribution in [0.3, 0.4) is 0 Å². The second kappa shape index (κ2) is 6.31. The summed E-state index contributed by atoms with van der Waals surface area (Å²) in [5, 5.41) is 11.4. The number of nitro benzene ring substituents is 1. The molecule has 8 nitrogen and oxygen atoms in total. The molecule has 24 heavy (non-hydrogen) atoms. The van der Waals surface area contributed by atoms with Gasteiger partial charge in [0.25, 0.3) is 5.69 Å². The number of carbonyl (C=O) groups excluding carboxylic acids is 2. The molecular formula is C16H18N2O6. The number of aromatic nitrogens is 1. The second-order valence-corrected chi connectivity index (χ2v) is 6.13. The topological polar surface area (TPSA) is 101 Å². The van der Waals surface area contributed by atoms with Crippen LogP contribution in [0.1, 0.15) is 34.1 Å². The summed E-state index contributed by atoms with van der Waals surface area (Å²) in [6, 6.07) is 3.96. The number of hydrogen-bond donors (Lipinski definition) is 0. The van der Waals surface area contributed by atoms with Gasteiger partial charge in [0.15, 0.2) is 5.75 Å². The fraction of sp³-hybridized carbons (Fsp3) is 0.375. The summed E-state index contributed by atoms with van der Waals surface area (Å²) in [6.45, 7) is 6.76. The molecule has 0 saturated heterocycles. The Morgan fingerprint density at radius 3 is 2.50 bits per heavy atom. The van der Waals surface area contributed by atoms with Crippen molar-refractivity contribution in [2.75, 3.05) is 0 Å². The zero-order chi connectivity index (χ0) is 18.1. The highest BCUT2D eigenvalue weighted by molar-refractivity contribution is 5.96. The molecule has 0 bridgehead atoms. The molecule has 2 aromatic rings. The van der Waals surface area contributed by atoms with Crippen molar-refractivity contribution < 1.29 is 24.0 Å². The highest BCUT2D eigenvalue weighted by Crippen LogP contribution is 2.32. The van der Waals surface area contributed by atoms with Crippen LogP contribution in [0.25, 0.3) is 10.9 Å². The zero-order valence-electron chi connectivity index (χ0n) is 13.9. The fourth-order valence-corrected chi connectivity index (χ4v) is 2.04. The van der Waals surface area contributed by atoms with Crippen molar-refractivity contribution in [2.24, 2.45) is 0 Å². The summed E-state index contributed by atoms with van der Waals surface area (Å²) in [4.78, 5) is 34.3. The SMILES string of the molecule is CCC(=O)Oc1cn(C(=O)OC(C)(C)C)c2cc([N+](=O)[O-])ccc12. The van der Waals surface area contributed by atoms with E-state index in [0.717, 1.165) is 4.57 Å². The number of nitro groups is 1. The maximum Gasteiger partial charge on any atom is 0.419 e. The van der Waals surface area contributed by atoms with Crippen molar-refractivity contribution >= 4 is 28.7 Å². The molecule has 0 spiro atoms. The molecule has 0 unspecified atom stereocenters. The van der Waals surface area contributed by atoms with Gasteiger partial charge in [0.2, 0.25) is 0 Å². The Bertz CT molecular complexity index is 816. The van der Waals surface area contributed by atoms with Crippen LogP contribution < -0.4 is 4.74 Å². The molecule has 0 aliphatic rings. The van der Waals surface area contributed by atoms with Crippen molar-refractivity contribution in [1.29, 1.82) is 0 Å². The van der Waals surface area contributed by atoms with Crippen LogP contribution in [0.5, 0.6) is 5.75 Å². The normalized spacial score (nSPS) is 11.3. The van der Waals surface area contributed by atoms with E-state index in [1.165, 1.54) is 24.4 Å². The van der Waals surface area contributed by atoms with Crippen LogP contribution in [0.15, 0.2) is 24.4 Å². The summed E-state index contributed by atoms with van der Waals surface area (Å²) in [5.41, 5.74) is -0.689. The Hall–Kier alpha value is -2.90. The first-order valence-electron chi connectivity index (χ1n) is 7.36. The van der Waals surface area contributed by atoms with Gasteiger partial charge in [0.1, 0.15) is 5.60 Å². The number of hydrogen-bond acceptors (Lipinski definition) is 6. The van der Waals surface area contributed by atoms with Gasteiger partial charge in [-0.25, -0.2) is 9.36 Å². The molecule has 1 heterocycles. The van der Waals surface area contributed by atoms with E-state index in [2.05, 4.69) is 0 Å². The van der Waals surface area contributed by atoms with Crippen LogP contribution in [-0.4, -0.2) is 27.2 Å². The summed E-state index contributed by atoms with van der Waals surface area (Å²) >= 11 is 0. The number of esters is 1. The van der Waals surface area contributed by atoms with Crippen molar-refractivity contribution in [1.82, 2.24) is 4.57 Å². The van der Waals surface area contributed by atoms with Crippen molar-refractivity contribution in [2.45, 2.75) is 39.7 Å². The molecule has 0 saturated carbocycles. The lowest BCUT2D eigenvalue weighted by Gasteiger charge is -2.19. The predicted octanol–water partition coefficient (Wildman–Crippen LogP) is 3.65. The lowest BCUT2D eigenvalue weighted by atomic mass is 10.2. The van der Waals surface area contributed by atoms with Crippen LogP contribution in [0.4, 0.5) is 10.5 Å². The third kappa shape index (κ3) is 3.70. The van der Waals surface area contributed by atoms with Gasteiger partial charge in [0.05, 0.1) is 16.6 Å². The molecule has 128 valence electrons. The molecule has 0 amide bonds. The van der Waals surface area contributed by atoms with E-state index in [1.807, 2.05) is 0 Å². The van der Waals surface area contributed by atoms with E-state index in [-0.39, 0.29) is 23.4 Å². The first-order chi connectivity index (χ1) is 11.1. The first kappa shape index (κ1) is 17.5. The molecule has 0 atom stereocenters. The van der Waals surface area contributed by atoms with Crippen LogP contribution in [0.2, 0.25) is 0 Å². The van der Waals surface area contributed by atoms with Crippen molar-refractivity contribution in [3.8, 4) is 5.75 Å². The van der Waals surface area contributed by atoms with E-state index in [9.17, 15) is 19.7 Å². The maximum atomic E-state index is 12.4. The van der Waals surface area contributed by atoms with E-state index in [0.29, 0.717) is 5.39 Å². The van der Waals surface area contributed by atoms with Crippen LogP contribution >= 0.6 is 0 Å². The second-order valence-electron chi connectivity index (χ2n) is 6.13. The molecule has 0 fully saturated rings. The molecule has 0 N–H and O–H groups in total. The van der Waals surface area contributed by atoms with Gasteiger partial charge < -0.3 is 9.47 Å². The van der Waals surface area contributed by atoms with Gasteiger partial charge in [-0.05, 0) is 26.8 Å². The Labute approximate surface area is 138 Å². The van der Waals surface area contributed by atoms with Gasteiger partial charge in [-0.1, -0.05) is 6.92 Å². The third-order valence-corrected chi connectivity index (χ3v) is 3.07. The van der Waals surface area contributed by atoms with Crippen molar-refractivity contribution in [3.05, 3.63) is 34.5 Å². The smallest absolute Gasteiger partial charge is 0.419 e. The van der Waals surface area contributed by atoms with Gasteiger partial charge in [-0.3, -0.25) is 14.9 Å². The minimum atomic E-state index is -0.741.